The van der Waals surface area contributed by atoms with Crippen molar-refractivity contribution in [2.24, 2.45) is 13.0 Å². The standard InChI is InChI=1S/C28H36N4O4/c1-18(33)31-15-13-20(14-16-31)29-27(34)25-26(36-3)23-24(30(25)2)21-11-7-8-12-22(21)32(28(23)35)17-19-9-5-4-6-10-19/h7-8,11-12,19-20H,4-6,9-10,13-17H2,1-3H3,(H,29,34). The van der Waals surface area contributed by atoms with Crippen molar-refractivity contribution in [3.05, 3.63) is 40.3 Å². The summed E-state index contributed by atoms with van der Waals surface area (Å²) in [6.07, 6.45) is 7.38. The van der Waals surface area contributed by atoms with Crippen LogP contribution in [0.2, 0.25) is 0 Å². The Bertz CT molecular complexity index is 1360. The molecule has 0 unspecified atom stereocenters. The molecular weight excluding hydrogens is 456 g/mol. The zero-order chi connectivity index (χ0) is 25.4. The summed E-state index contributed by atoms with van der Waals surface area (Å²) in [5.74, 6) is 0.621. The van der Waals surface area contributed by atoms with Crippen molar-refractivity contribution in [3.63, 3.8) is 0 Å². The summed E-state index contributed by atoms with van der Waals surface area (Å²) in [6.45, 7) is 3.51. The molecule has 1 saturated heterocycles. The van der Waals surface area contributed by atoms with Crippen LogP contribution in [-0.4, -0.2) is 52.1 Å². The van der Waals surface area contributed by atoms with Crippen molar-refractivity contribution in [3.8, 4) is 5.75 Å². The lowest BCUT2D eigenvalue weighted by Crippen LogP contribution is -2.46. The lowest BCUT2D eigenvalue weighted by molar-refractivity contribution is -0.129. The van der Waals surface area contributed by atoms with E-state index in [-0.39, 0.29) is 23.4 Å². The minimum Gasteiger partial charge on any atom is -0.493 e. The van der Waals surface area contributed by atoms with Gasteiger partial charge >= 0.3 is 0 Å². The van der Waals surface area contributed by atoms with E-state index in [0.29, 0.717) is 55.2 Å². The molecule has 2 aliphatic rings. The molecule has 5 rings (SSSR count). The number of methoxy groups -OCH3 is 1. The molecule has 36 heavy (non-hydrogen) atoms. The first kappa shape index (κ1) is 24.4. The average Bonchev–Trinajstić information content (AvgIpc) is 3.20. The Labute approximate surface area is 211 Å². The number of likely N-dealkylation sites (tertiary alicyclic amines) is 1. The van der Waals surface area contributed by atoms with E-state index in [1.807, 2.05) is 40.4 Å². The van der Waals surface area contributed by atoms with Crippen molar-refractivity contribution < 1.29 is 14.3 Å². The van der Waals surface area contributed by atoms with Crippen LogP contribution in [0, 0.1) is 5.92 Å². The fourth-order valence-electron chi connectivity index (χ4n) is 6.18. The third-order valence-corrected chi connectivity index (χ3v) is 8.12. The molecule has 192 valence electrons. The van der Waals surface area contributed by atoms with Gasteiger partial charge in [0.05, 0.1) is 18.1 Å². The van der Waals surface area contributed by atoms with Gasteiger partial charge in [0.25, 0.3) is 11.5 Å². The second-order valence-corrected chi connectivity index (χ2v) is 10.4. The second-order valence-electron chi connectivity index (χ2n) is 10.4. The Morgan fingerprint density at radius 1 is 1.06 bits per heavy atom. The summed E-state index contributed by atoms with van der Waals surface area (Å²) < 4.78 is 9.47. The molecule has 1 aliphatic carbocycles. The van der Waals surface area contributed by atoms with Crippen molar-refractivity contribution in [1.82, 2.24) is 19.4 Å². The first-order chi connectivity index (χ1) is 17.4. The lowest BCUT2D eigenvalue weighted by atomic mass is 9.89. The minimum absolute atomic E-state index is 0.0319. The smallest absolute Gasteiger partial charge is 0.272 e. The molecule has 1 saturated carbocycles. The number of nitrogens with zero attached hydrogens (tertiary/aromatic N) is 3. The fourth-order valence-corrected chi connectivity index (χ4v) is 6.18. The van der Waals surface area contributed by atoms with Gasteiger partial charge in [-0.05, 0) is 37.7 Å². The number of carbonyl (C=O) groups excluding carboxylic acids is 2. The first-order valence-corrected chi connectivity index (χ1v) is 13.1. The van der Waals surface area contributed by atoms with Crippen LogP contribution < -0.4 is 15.6 Å². The molecule has 2 fully saturated rings. The van der Waals surface area contributed by atoms with Gasteiger partial charge in [-0.15, -0.1) is 0 Å². The van der Waals surface area contributed by atoms with Crippen LogP contribution in [0.5, 0.6) is 5.75 Å². The van der Waals surface area contributed by atoms with Gasteiger partial charge in [0.1, 0.15) is 5.39 Å². The maximum Gasteiger partial charge on any atom is 0.272 e. The molecule has 0 spiro atoms. The summed E-state index contributed by atoms with van der Waals surface area (Å²) in [6, 6.07) is 7.93. The zero-order valence-electron chi connectivity index (χ0n) is 21.5. The molecular formula is C28H36N4O4. The number of aryl methyl sites for hydroxylation is 1. The first-order valence-electron chi connectivity index (χ1n) is 13.1. The molecule has 1 aliphatic heterocycles. The van der Waals surface area contributed by atoms with Crippen molar-refractivity contribution in [1.29, 1.82) is 0 Å². The van der Waals surface area contributed by atoms with Crippen LogP contribution in [0.3, 0.4) is 0 Å². The molecule has 3 heterocycles. The topological polar surface area (TPSA) is 85.6 Å². The summed E-state index contributed by atoms with van der Waals surface area (Å²) in [4.78, 5) is 41.0. The van der Waals surface area contributed by atoms with Crippen LogP contribution >= 0.6 is 0 Å². The number of amides is 2. The number of carbonyl (C=O) groups is 2. The molecule has 8 nitrogen and oxygen atoms in total. The van der Waals surface area contributed by atoms with E-state index in [4.69, 9.17) is 4.74 Å². The average molecular weight is 493 g/mol. The number of rotatable bonds is 5. The van der Waals surface area contributed by atoms with Crippen LogP contribution in [0.15, 0.2) is 29.1 Å². The van der Waals surface area contributed by atoms with Gasteiger partial charge in [-0.2, -0.15) is 0 Å². The van der Waals surface area contributed by atoms with E-state index in [1.54, 1.807) is 11.8 Å². The van der Waals surface area contributed by atoms with Gasteiger partial charge in [-0.3, -0.25) is 14.4 Å². The number of benzene rings is 1. The van der Waals surface area contributed by atoms with Gasteiger partial charge in [-0.1, -0.05) is 37.5 Å². The highest BCUT2D eigenvalue weighted by Gasteiger charge is 2.30. The number of para-hydroxylation sites is 1. The highest BCUT2D eigenvalue weighted by Crippen LogP contribution is 2.35. The fraction of sp³-hybridized carbons (Fsp3) is 0.536. The molecule has 8 heteroatoms. The predicted molar refractivity (Wildman–Crippen MR) is 141 cm³/mol. The van der Waals surface area contributed by atoms with Gasteiger partial charge < -0.3 is 24.1 Å². The van der Waals surface area contributed by atoms with Crippen LogP contribution in [0.25, 0.3) is 21.8 Å². The van der Waals surface area contributed by atoms with E-state index in [9.17, 15) is 14.4 Å². The number of ether oxygens (including phenoxy) is 1. The highest BCUT2D eigenvalue weighted by atomic mass is 16.5. The Morgan fingerprint density at radius 2 is 1.75 bits per heavy atom. The molecule has 1 aromatic carbocycles. The predicted octanol–water partition coefficient (Wildman–Crippen LogP) is 3.82. The summed E-state index contributed by atoms with van der Waals surface area (Å²) in [5.41, 5.74) is 1.88. The number of nitrogens with one attached hydrogen (secondary N) is 1. The van der Waals surface area contributed by atoms with E-state index in [1.165, 1.54) is 26.4 Å². The Balaban J connectivity index is 1.57. The highest BCUT2D eigenvalue weighted by molar-refractivity contribution is 6.12. The molecule has 0 radical (unpaired) electrons. The zero-order valence-corrected chi connectivity index (χ0v) is 21.5. The molecule has 0 bridgehead atoms. The van der Waals surface area contributed by atoms with Crippen LogP contribution in [0.1, 0.15) is 62.4 Å². The maximum atomic E-state index is 14.0. The quantitative estimate of drug-likeness (QED) is 0.587. The molecule has 2 aromatic heterocycles. The number of hydrogen-bond acceptors (Lipinski definition) is 4. The van der Waals surface area contributed by atoms with Crippen molar-refractivity contribution in [2.45, 2.75) is 64.5 Å². The Morgan fingerprint density at radius 3 is 2.42 bits per heavy atom. The van der Waals surface area contributed by atoms with E-state index >= 15 is 0 Å². The van der Waals surface area contributed by atoms with Crippen LogP contribution in [-0.2, 0) is 18.4 Å². The van der Waals surface area contributed by atoms with Gasteiger partial charge in [0.2, 0.25) is 5.91 Å². The van der Waals surface area contributed by atoms with Crippen molar-refractivity contribution >= 4 is 33.6 Å². The normalized spacial score (nSPS) is 17.6. The summed E-state index contributed by atoms with van der Waals surface area (Å²) in [7, 11) is 3.35. The SMILES string of the molecule is COc1c(C(=O)NC2CCN(C(C)=O)CC2)n(C)c2c1c(=O)n(CC1CCCCC1)c1ccccc21. The largest absolute Gasteiger partial charge is 0.493 e. The molecule has 1 N–H and O–H groups in total. The third kappa shape index (κ3) is 4.27. The van der Waals surface area contributed by atoms with Gasteiger partial charge in [-0.25, -0.2) is 0 Å². The maximum absolute atomic E-state index is 14.0. The number of hydrogen-bond donors (Lipinski definition) is 1. The van der Waals surface area contributed by atoms with Gasteiger partial charge in [0.15, 0.2) is 11.4 Å². The van der Waals surface area contributed by atoms with E-state index in [0.717, 1.165) is 29.3 Å². The Kier molecular flexibility index (Phi) is 6.77. The lowest BCUT2D eigenvalue weighted by Gasteiger charge is -2.31. The van der Waals surface area contributed by atoms with Gasteiger partial charge in [0, 0.05) is 45.0 Å². The molecule has 3 aromatic rings. The number of piperidine rings is 1. The number of aromatic nitrogens is 2. The minimum atomic E-state index is -0.255. The monoisotopic (exact) mass is 492 g/mol. The number of fused-ring (bicyclic) bond motifs is 3. The molecule has 2 amide bonds. The Hall–Kier alpha value is -3.29. The van der Waals surface area contributed by atoms with Crippen LogP contribution in [0.4, 0.5) is 0 Å². The summed E-state index contributed by atoms with van der Waals surface area (Å²) >= 11 is 0. The third-order valence-electron chi connectivity index (χ3n) is 8.12. The summed E-state index contributed by atoms with van der Waals surface area (Å²) in [5, 5.41) is 4.54. The number of pyridine rings is 1. The second kappa shape index (κ2) is 9.99. The van der Waals surface area contributed by atoms with E-state index < -0.39 is 0 Å². The van der Waals surface area contributed by atoms with Crippen molar-refractivity contribution in [2.75, 3.05) is 20.2 Å². The van der Waals surface area contributed by atoms with E-state index in [2.05, 4.69) is 5.32 Å². The molecule has 0 atom stereocenters.